The van der Waals surface area contributed by atoms with Gasteiger partial charge in [0, 0.05) is 0 Å². The maximum Gasteiger partial charge on any atom is 0.152 e. The van der Waals surface area contributed by atoms with Gasteiger partial charge < -0.3 is 5.11 Å². The summed E-state index contributed by atoms with van der Waals surface area (Å²) in [7, 11) is -2.99. The fourth-order valence-electron chi connectivity index (χ4n) is 1.56. The van der Waals surface area contributed by atoms with E-state index in [0.717, 1.165) is 5.56 Å². The maximum atomic E-state index is 11.6. The molecule has 0 amide bonds. The van der Waals surface area contributed by atoms with Crippen LogP contribution in [0.1, 0.15) is 38.4 Å². The third-order valence-electron chi connectivity index (χ3n) is 2.81. The first-order valence-electron chi connectivity index (χ1n) is 5.88. The van der Waals surface area contributed by atoms with Crippen LogP contribution < -0.4 is 0 Å². The van der Waals surface area contributed by atoms with Crippen LogP contribution in [0.4, 0.5) is 0 Å². The van der Waals surface area contributed by atoms with Gasteiger partial charge in [-0.15, -0.1) is 0 Å². The minimum atomic E-state index is -2.99. The van der Waals surface area contributed by atoms with E-state index in [1.807, 2.05) is 30.3 Å². The summed E-state index contributed by atoms with van der Waals surface area (Å²) in [5, 5.41) is 9.52. The zero-order valence-electron chi connectivity index (χ0n) is 10.3. The van der Waals surface area contributed by atoms with Crippen molar-refractivity contribution >= 4 is 9.84 Å². The highest BCUT2D eigenvalue weighted by Crippen LogP contribution is 2.18. The Morgan fingerprint density at radius 3 is 2.29 bits per heavy atom. The highest BCUT2D eigenvalue weighted by Gasteiger charge is 2.16. The van der Waals surface area contributed by atoms with Crippen LogP contribution >= 0.6 is 0 Å². The van der Waals surface area contributed by atoms with Gasteiger partial charge in [0.05, 0.1) is 17.1 Å². The summed E-state index contributed by atoms with van der Waals surface area (Å²) in [5.74, 6) is 0.147. The van der Waals surface area contributed by atoms with Crippen LogP contribution in [0.25, 0.3) is 0 Å². The van der Waals surface area contributed by atoms with Crippen LogP contribution in [0.2, 0.25) is 0 Å². The lowest BCUT2D eigenvalue weighted by molar-refractivity contribution is 0.166. The summed E-state index contributed by atoms with van der Waals surface area (Å²) in [6.07, 6.45) is 0.408. The molecular weight excluding hydrogens is 236 g/mol. The molecule has 0 spiro atoms. The number of sulfone groups is 1. The largest absolute Gasteiger partial charge is 0.388 e. The van der Waals surface area contributed by atoms with Gasteiger partial charge in [0.2, 0.25) is 0 Å². The smallest absolute Gasteiger partial charge is 0.152 e. The first kappa shape index (κ1) is 14.2. The van der Waals surface area contributed by atoms with Crippen molar-refractivity contribution in [3.8, 4) is 0 Å². The van der Waals surface area contributed by atoms with Crippen molar-refractivity contribution in [2.24, 2.45) is 0 Å². The summed E-state index contributed by atoms with van der Waals surface area (Å²) in [4.78, 5) is 0. The second kappa shape index (κ2) is 6.17. The average molecular weight is 256 g/mol. The molecule has 0 aliphatic carbocycles. The van der Waals surface area contributed by atoms with Gasteiger partial charge in [0.15, 0.2) is 9.84 Å². The summed E-state index contributed by atoms with van der Waals surface area (Å²) in [6.45, 7) is 3.37. The second-order valence-electron chi connectivity index (χ2n) is 4.48. The molecule has 1 N–H and O–H groups in total. The van der Waals surface area contributed by atoms with Gasteiger partial charge in [-0.1, -0.05) is 30.3 Å². The first-order valence-corrected chi connectivity index (χ1v) is 7.59. The monoisotopic (exact) mass is 256 g/mol. The van der Waals surface area contributed by atoms with E-state index in [0.29, 0.717) is 12.8 Å². The summed E-state index contributed by atoms with van der Waals surface area (Å²) < 4.78 is 23.1. The number of benzene rings is 1. The van der Waals surface area contributed by atoms with E-state index in [2.05, 4.69) is 0 Å². The van der Waals surface area contributed by atoms with E-state index < -0.39 is 15.9 Å². The van der Waals surface area contributed by atoms with Gasteiger partial charge in [-0.3, -0.25) is 0 Å². The lowest BCUT2D eigenvalue weighted by atomic mass is 10.1. The summed E-state index contributed by atoms with van der Waals surface area (Å²) in [6, 6.07) is 9.31. The maximum absolute atomic E-state index is 11.6. The van der Waals surface area contributed by atoms with Gasteiger partial charge in [-0.2, -0.15) is 0 Å². The molecule has 1 rings (SSSR count). The Hall–Kier alpha value is -0.870. The molecule has 1 aromatic rings. The summed E-state index contributed by atoms with van der Waals surface area (Å²) in [5.41, 5.74) is 0.842. The molecule has 0 radical (unpaired) electrons. The normalized spacial score (nSPS) is 13.9. The molecule has 1 aromatic carbocycles. The van der Waals surface area contributed by atoms with E-state index in [9.17, 15) is 13.5 Å². The molecule has 3 nitrogen and oxygen atoms in total. The number of hydrogen-bond donors (Lipinski definition) is 1. The fourth-order valence-corrected chi connectivity index (χ4v) is 2.60. The van der Waals surface area contributed by atoms with Crippen molar-refractivity contribution in [3.05, 3.63) is 35.9 Å². The molecule has 0 fully saturated rings. The van der Waals surface area contributed by atoms with Gasteiger partial charge >= 0.3 is 0 Å². The van der Waals surface area contributed by atoms with Crippen LogP contribution in [0.5, 0.6) is 0 Å². The Morgan fingerprint density at radius 2 is 1.76 bits per heavy atom. The Balaban J connectivity index is 2.43. The Morgan fingerprint density at radius 1 is 1.18 bits per heavy atom. The predicted molar refractivity (Wildman–Crippen MR) is 69.6 cm³/mol. The molecule has 17 heavy (non-hydrogen) atoms. The molecule has 96 valence electrons. The Bertz CT molecular complexity index is 423. The Labute approximate surface area is 103 Å². The molecular formula is C13H20O3S. The van der Waals surface area contributed by atoms with Crippen molar-refractivity contribution in [1.82, 2.24) is 0 Å². The summed E-state index contributed by atoms with van der Waals surface area (Å²) >= 11 is 0. The highest BCUT2D eigenvalue weighted by atomic mass is 32.2. The Kier molecular flexibility index (Phi) is 5.15. The number of aliphatic hydroxyl groups is 1. The second-order valence-corrected chi connectivity index (χ2v) is 7.16. The predicted octanol–water partition coefficient (Wildman–Crippen LogP) is 2.32. The average Bonchev–Trinajstić information content (AvgIpc) is 2.29. The van der Waals surface area contributed by atoms with Gasteiger partial charge in [-0.05, 0) is 32.3 Å². The third kappa shape index (κ3) is 4.48. The number of hydrogen-bond acceptors (Lipinski definition) is 3. The highest BCUT2D eigenvalue weighted by molar-refractivity contribution is 7.91. The van der Waals surface area contributed by atoms with Crippen molar-refractivity contribution in [2.75, 3.05) is 5.75 Å². The standard InChI is InChI=1S/C13H20O3S/c1-11(2)17(15,16)10-6-9-13(14)12-7-4-3-5-8-12/h3-5,7-8,11,13-14H,6,9-10H2,1-2H3. The number of aliphatic hydroxyl groups excluding tert-OH is 1. The van der Waals surface area contributed by atoms with E-state index in [-0.39, 0.29) is 11.0 Å². The molecule has 1 unspecified atom stereocenters. The first-order chi connectivity index (χ1) is 7.93. The molecule has 0 saturated carbocycles. The lowest BCUT2D eigenvalue weighted by Gasteiger charge is -2.12. The van der Waals surface area contributed by atoms with Crippen LogP contribution in [-0.4, -0.2) is 24.5 Å². The van der Waals surface area contributed by atoms with Crippen molar-refractivity contribution in [3.63, 3.8) is 0 Å². The zero-order chi connectivity index (χ0) is 12.9. The van der Waals surface area contributed by atoms with E-state index in [1.54, 1.807) is 13.8 Å². The minimum absolute atomic E-state index is 0.147. The lowest BCUT2D eigenvalue weighted by Crippen LogP contribution is -2.18. The molecule has 0 aliphatic heterocycles. The van der Waals surface area contributed by atoms with Crippen LogP contribution in [0.15, 0.2) is 30.3 Å². The van der Waals surface area contributed by atoms with Gasteiger partial charge in [0.25, 0.3) is 0 Å². The molecule has 0 heterocycles. The fraction of sp³-hybridized carbons (Fsp3) is 0.538. The van der Waals surface area contributed by atoms with Crippen molar-refractivity contribution in [2.45, 2.75) is 38.0 Å². The van der Waals surface area contributed by atoms with E-state index in [1.165, 1.54) is 0 Å². The third-order valence-corrected chi connectivity index (χ3v) is 5.10. The molecule has 0 saturated heterocycles. The van der Waals surface area contributed by atoms with Crippen LogP contribution in [0.3, 0.4) is 0 Å². The van der Waals surface area contributed by atoms with E-state index >= 15 is 0 Å². The molecule has 0 bridgehead atoms. The van der Waals surface area contributed by atoms with Gasteiger partial charge in [-0.25, -0.2) is 8.42 Å². The van der Waals surface area contributed by atoms with Crippen LogP contribution in [0, 0.1) is 0 Å². The molecule has 0 aromatic heterocycles. The SMILES string of the molecule is CC(C)S(=O)(=O)CCCC(O)c1ccccc1. The van der Waals surface area contributed by atoms with Crippen molar-refractivity contribution in [1.29, 1.82) is 0 Å². The topological polar surface area (TPSA) is 54.4 Å². The molecule has 1 atom stereocenters. The van der Waals surface area contributed by atoms with Gasteiger partial charge in [0.1, 0.15) is 0 Å². The molecule has 0 aliphatic rings. The van der Waals surface area contributed by atoms with E-state index in [4.69, 9.17) is 0 Å². The quantitative estimate of drug-likeness (QED) is 0.850. The zero-order valence-corrected chi connectivity index (χ0v) is 11.2. The number of rotatable bonds is 6. The minimum Gasteiger partial charge on any atom is -0.388 e. The van der Waals surface area contributed by atoms with Crippen molar-refractivity contribution < 1.29 is 13.5 Å². The van der Waals surface area contributed by atoms with Crippen LogP contribution in [-0.2, 0) is 9.84 Å². The molecule has 4 heteroatoms.